The van der Waals surface area contributed by atoms with Crippen molar-refractivity contribution in [2.24, 2.45) is 16.5 Å². The monoisotopic (exact) mass is 174 g/mol. The molecule has 0 aliphatic heterocycles. The molecule has 0 heterocycles. The molecule has 5 heteroatoms. The highest BCUT2D eigenvalue weighted by atomic mass is 16.5. The first-order chi connectivity index (χ1) is 5.66. The number of hydrogen-bond acceptors (Lipinski definition) is 3. The van der Waals surface area contributed by atoms with Gasteiger partial charge in [-0.1, -0.05) is 0 Å². The normalized spacial score (nSPS) is 10.2. The van der Waals surface area contributed by atoms with E-state index in [1.165, 1.54) is 0 Å². The first-order valence-electron chi connectivity index (χ1n) is 3.89. The summed E-state index contributed by atoms with van der Waals surface area (Å²) < 4.78 is 4.91. The summed E-state index contributed by atoms with van der Waals surface area (Å²) in [5.74, 6) is 0.148. The molecule has 0 aromatic heterocycles. The SMILES string of the molecule is COCCN(C)CCN=C(N)N. The van der Waals surface area contributed by atoms with Crippen molar-refractivity contribution < 1.29 is 4.74 Å². The summed E-state index contributed by atoms with van der Waals surface area (Å²) in [6.45, 7) is 3.12. The van der Waals surface area contributed by atoms with E-state index in [0.29, 0.717) is 6.54 Å². The zero-order valence-electron chi connectivity index (χ0n) is 7.79. The summed E-state index contributed by atoms with van der Waals surface area (Å²) in [6.07, 6.45) is 0. The number of nitrogens with zero attached hydrogens (tertiary/aromatic N) is 2. The third kappa shape index (κ3) is 7.30. The van der Waals surface area contributed by atoms with Crippen molar-refractivity contribution in [2.75, 3.05) is 40.4 Å². The summed E-state index contributed by atoms with van der Waals surface area (Å²) in [7, 11) is 3.69. The lowest BCUT2D eigenvalue weighted by atomic mass is 10.5. The minimum absolute atomic E-state index is 0.148. The van der Waals surface area contributed by atoms with E-state index in [2.05, 4.69) is 9.89 Å². The van der Waals surface area contributed by atoms with Gasteiger partial charge >= 0.3 is 0 Å². The van der Waals surface area contributed by atoms with Crippen molar-refractivity contribution in [3.8, 4) is 0 Å². The maximum absolute atomic E-state index is 5.16. The molecule has 0 saturated heterocycles. The Bertz CT molecular complexity index is 133. The Morgan fingerprint density at radius 3 is 2.58 bits per heavy atom. The van der Waals surface area contributed by atoms with Gasteiger partial charge in [-0.15, -0.1) is 0 Å². The Morgan fingerprint density at radius 1 is 1.42 bits per heavy atom. The van der Waals surface area contributed by atoms with Gasteiger partial charge in [0.2, 0.25) is 0 Å². The van der Waals surface area contributed by atoms with Gasteiger partial charge in [0.1, 0.15) is 0 Å². The minimum atomic E-state index is 0.148. The van der Waals surface area contributed by atoms with Crippen molar-refractivity contribution in [2.45, 2.75) is 0 Å². The zero-order chi connectivity index (χ0) is 9.40. The minimum Gasteiger partial charge on any atom is -0.383 e. The summed E-state index contributed by atoms with van der Waals surface area (Å²) in [6, 6.07) is 0. The topological polar surface area (TPSA) is 76.9 Å². The van der Waals surface area contributed by atoms with Gasteiger partial charge < -0.3 is 21.1 Å². The van der Waals surface area contributed by atoms with Gasteiger partial charge in [0, 0.05) is 20.2 Å². The number of hydrogen-bond donors (Lipinski definition) is 2. The Hall–Kier alpha value is -0.810. The molecule has 0 rings (SSSR count). The van der Waals surface area contributed by atoms with E-state index in [1.807, 2.05) is 7.05 Å². The Morgan fingerprint density at radius 2 is 2.08 bits per heavy atom. The van der Waals surface area contributed by atoms with Crippen LogP contribution in [0.3, 0.4) is 0 Å². The molecule has 5 nitrogen and oxygen atoms in total. The van der Waals surface area contributed by atoms with Crippen molar-refractivity contribution in [3.05, 3.63) is 0 Å². The van der Waals surface area contributed by atoms with E-state index >= 15 is 0 Å². The summed E-state index contributed by atoms with van der Waals surface area (Å²) in [5.41, 5.74) is 10.3. The zero-order valence-corrected chi connectivity index (χ0v) is 7.79. The maximum Gasteiger partial charge on any atom is 0.185 e. The number of rotatable bonds is 6. The number of nitrogens with two attached hydrogens (primary N) is 2. The molecule has 0 fully saturated rings. The van der Waals surface area contributed by atoms with Gasteiger partial charge in [-0.2, -0.15) is 0 Å². The first kappa shape index (κ1) is 11.2. The van der Waals surface area contributed by atoms with Gasteiger partial charge in [0.15, 0.2) is 5.96 Å². The van der Waals surface area contributed by atoms with Crippen LogP contribution >= 0.6 is 0 Å². The average Bonchev–Trinajstić information content (AvgIpc) is 2.00. The summed E-state index contributed by atoms with van der Waals surface area (Å²) >= 11 is 0. The van der Waals surface area contributed by atoms with Gasteiger partial charge in [0.25, 0.3) is 0 Å². The van der Waals surface area contributed by atoms with Gasteiger partial charge in [-0.05, 0) is 7.05 Å². The van der Waals surface area contributed by atoms with Crippen LogP contribution in [0.15, 0.2) is 4.99 Å². The third-order valence-electron chi connectivity index (χ3n) is 1.45. The lowest BCUT2D eigenvalue weighted by molar-refractivity contribution is 0.163. The van der Waals surface area contributed by atoms with Crippen molar-refractivity contribution in [1.29, 1.82) is 0 Å². The molecule has 0 bridgehead atoms. The van der Waals surface area contributed by atoms with Crippen LogP contribution < -0.4 is 11.5 Å². The molecule has 12 heavy (non-hydrogen) atoms. The van der Waals surface area contributed by atoms with Crippen LogP contribution in [0, 0.1) is 0 Å². The van der Waals surface area contributed by atoms with E-state index < -0.39 is 0 Å². The van der Waals surface area contributed by atoms with Crippen LogP contribution in [-0.2, 0) is 4.74 Å². The second-order valence-electron chi connectivity index (χ2n) is 2.60. The molecule has 0 aliphatic carbocycles. The molecule has 0 aromatic rings. The molecule has 0 aromatic carbocycles. The van der Waals surface area contributed by atoms with Crippen LogP contribution in [0.25, 0.3) is 0 Å². The largest absolute Gasteiger partial charge is 0.383 e. The van der Waals surface area contributed by atoms with Crippen molar-refractivity contribution in [3.63, 3.8) is 0 Å². The average molecular weight is 174 g/mol. The van der Waals surface area contributed by atoms with Gasteiger partial charge in [-0.25, -0.2) is 0 Å². The van der Waals surface area contributed by atoms with E-state index in [0.717, 1.165) is 19.7 Å². The van der Waals surface area contributed by atoms with E-state index in [1.54, 1.807) is 7.11 Å². The fraction of sp³-hybridized carbons (Fsp3) is 0.857. The Balaban J connectivity index is 3.31. The maximum atomic E-state index is 5.16. The van der Waals surface area contributed by atoms with E-state index in [9.17, 15) is 0 Å². The molecule has 0 spiro atoms. The van der Waals surface area contributed by atoms with Crippen LogP contribution in [0.1, 0.15) is 0 Å². The molecular weight excluding hydrogens is 156 g/mol. The summed E-state index contributed by atoms with van der Waals surface area (Å²) in [4.78, 5) is 5.97. The highest BCUT2D eigenvalue weighted by molar-refractivity contribution is 5.75. The molecule has 4 N–H and O–H groups in total. The first-order valence-corrected chi connectivity index (χ1v) is 3.89. The number of ether oxygens (including phenoxy) is 1. The summed E-state index contributed by atoms with van der Waals surface area (Å²) in [5, 5.41) is 0. The molecule has 0 aliphatic rings. The van der Waals surface area contributed by atoms with Crippen LogP contribution in [0.2, 0.25) is 0 Å². The number of likely N-dealkylation sites (N-methyl/N-ethyl adjacent to an activating group) is 1. The van der Waals surface area contributed by atoms with Gasteiger partial charge in [-0.3, -0.25) is 4.99 Å². The molecule has 0 amide bonds. The fourth-order valence-electron chi connectivity index (χ4n) is 0.709. The fourth-order valence-corrected chi connectivity index (χ4v) is 0.709. The standard InChI is InChI=1S/C7H18N4O/c1-11(5-6-12-2)4-3-10-7(8)9/h3-6H2,1-2H3,(H4,8,9,10). The number of methoxy groups -OCH3 is 1. The molecule has 0 saturated carbocycles. The van der Waals surface area contributed by atoms with E-state index in [4.69, 9.17) is 16.2 Å². The second-order valence-corrected chi connectivity index (χ2v) is 2.60. The molecule has 72 valence electrons. The number of aliphatic imine (C=N–C) groups is 1. The molecule has 0 unspecified atom stereocenters. The van der Waals surface area contributed by atoms with Crippen LogP contribution in [-0.4, -0.2) is 51.3 Å². The van der Waals surface area contributed by atoms with Gasteiger partial charge in [0.05, 0.1) is 13.2 Å². The predicted molar refractivity (Wildman–Crippen MR) is 50.0 cm³/mol. The highest BCUT2D eigenvalue weighted by Gasteiger charge is 1.95. The lowest BCUT2D eigenvalue weighted by Gasteiger charge is -2.13. The van der Waals surface area contributed by atoms with Crippen molar-refractivity contribution in [1.82, 2.24) is 4.90 Å². The van der Waals surface area contributed by atoms with Crippen LogP contribution in [0.4, 0.5) is 0 Å². The second kappa shape index (κ2) is 6.87. The lowest BCUT2D eigenvalue weighted by Crippen LogP contribution is -2.28. The Kier molecular flexibility index (Phi) is 6.41. The quantitative estimate of drug-likeness (QED) is 0.393. The predicted octanol–water partition coefficient (Wildman–Crippen LogP) is -1.16. The Labute approximate surface area is 73.4 Å². The smallest absolute Gasteiger partial charge is 0.185 e. The molecule has 0 atom stereocenters. The molecule has 0 radical (unpaired) electrons. The highest BCUT2D eigenvalue weighted by Crippen LogP contribution is 1.82. The number of guanidine groups is 1. The van der Waals surface area contributed by atoms with E-state index in [-0.39, 0.29) is 5.96 Å². The molecular formula is C7H18N4O. The third-order valence-corrected chi connectivity index (χ3v) is 1.45. The van der Waals surface area contributed by atoms with Crippen molar-refractivity contribution >= 4 is 5.96 Å². The van der Waals surface area contributed by atoms with Crippen LogP contribution in [0.5, 0.6) is 0 Å².